The van der Waals surface area contributed by atoms with Gasteiger partial charge in [0.2, 0.25) is 0 Å². The summed E-state index contributed by atoms with van der Waals surface area (Å²) in [6.45, 7) is 9.15. The van der Waals surface area contributed by atoms with Crippen molar-refractivity contribution in [3.63, 3.8) is 0 Å². The van der Waals surface area contributed by atoms with E-state index in [9.17, 15) is 9.18 Å². The van der Waals surface area contributed by atoms with Gasteiger partial charge in [-0.1, -0.05) is 19.1 Å². The fourth-order valence-electron chi connectivity index (χ4n) is 3.48. The Hall–Kier alpha value is -1.11. The average molecular weight is 403 g/mol. The summed E-state index contributed by atoms with van der Waals surface area (Å²) in [6, 6.07) is 0. The van der Waals surface area contributed by atoms with Crippen molar-refractivity contribution < 1.29 is 18.7 Å². The Morgan fingerprint density at radius 1 is 1.48 bits per heavy atom. The number of hydrogen-bond acceptors (Lipinski definition) is 4. The Morgan fingerprint density at radius 2 is 2.19 bits per heavy atom. The second kappa shape index (κ2) is 9.39. The summed E-state index contributed by atoms with van der Waals surface area (Å²) >= 11 is 6.23. The Labute approximate surface area is 166 Å². The molecule has 0 saturated carbocycles. The molecule has 5 nitrogen and oxygen atoms in total. The molecule has 3 unspecified atom stereocenters. The van der Waals surface area contributed by atoms with Crippen LogP contribution >= 0.6 is 11.6 Å². The summed E-state index contributed by atoms with van der Waals surface area (Å²) in [5.41, 5.74) is 5.52. The smallest absolute Gasteiger partial charge is 0.410 e. The summed E-state index contributed by atoms with van der Waals surface area (Å²) in [5, 5.41) is -0.695. The predicted molar refractivity (Wildman–Crippen MR) is 105 cm³/mol. The van der Waals surface area contributed by atoms with Gasteiger partial charge in [0.15, 0.2) is 0 Å². The fraction of sp³-hybridized carbons (Fsp3) is 0.750. The van der Waals surface area contributed by atoms with Gasteiger partial charge in [-0.15, -0.1) is 11.6 Å². The average Bonchev–Trinajstić information content (AvgIpc) is 2.60. The summed E-state index contributed by atoms with van der Waals surface area (Å²) < 4.78 is 26.3. The summed E-state index contributed by atoms with van der Waals surface area (Å²) in [5.74, 6) is -0.459. The summed E-state index contributed by atoms with van der Waals surface area (Å²) in [7, 11) is 0. The van der Waals surface area contributed by atoms with Crippen LogP contribution in [0.5, 0.6) is 0 Å². The van der Waals surface area contributed by atoms with Crippen molar-refractivity contribution in [1.29, 1.82) is 0 Å². The molecular weight excluding hydrogens is 371 g/mol. The standard InChI is InChI=1S/C20H32ClFN2O3/c1-13-7-8-15(17(22)16(13)21)18(26-11-9-23)14-6-5-10-24(12-14)19(25)27-20(2,3)4/h7-8,13-14,16,18H,5-6,9-12,23H2,1-4H3/t13?,14-,16?,18?/m1/s1. The maximum Gasteiger partial charge on any atom is 0.410 e. The van der Waals surface area contributed by atoms with Crippen LogP contribution in [0.2, 0.25) is 0 Å². The number of carbonyl (C=O) groups excluding carboxylic acids is 1. The molecule has 1 fully saturated rings. The zero-order valence-corrected chi connectivity index (χ0v) is 17.5. The molecule has 0 aromatic heterocycles. The van der Waals surface area contributed by atoms with Crippen molar-refractivity contribution in [2.24, 2.45) is 17.6 Å². The van der Waals surface area contributed by atoms with Crippen LogP contribution in [0.3, 0.4) is 0 Å². The fourth-order valence-corrected chi connectivity index (χ4v) is 3.69. The first kappa shape index (κ1) is 22.2. The van der Waals surface area contributed by atoms with Gasteiger partial charge >= 0.3 is 6.09 Å². The Morgan fingerprint density at radius 3 is 2.81 bits per heavy atom. The lowest BCUT2D eigenvalue weighted by molar-refractivity contribution is -0.00883. The van der Waals surface area contributed by atoms with Gasteiger partial charge in [0.05, 0.1) is 18.1 Å². The molecule has 0 aromatic carbocycles. The number of alkyl halides is 1. The quantitative estimate of drug-likeness (QED) is 0.705. The highest BCUT2D eigenvalue weighted by Crippen LogP contribution is 2.36. The lowest BCUT2D eigenvalue weighted by atomic mass is 9.84. The first-order valence-corrected chi connectivity index (χ1v) is 10.1. The van der Waals surface area contributed by atoms with Gasteiger partial charge in [0, 0.05) is 31.1 Å². The van der Waals surface area contributed by atoms with Gasteiger partial charge < -0.3 is 20.1 Å². The molecule has 27 heavy (non-hydrogen) atoms. The van der Waals surface area contributed by atoms with Crippen molar-refractivity contribution in [2.75, 3.05) is 26.2 Å². The van der Waals surface area contributed by atoms with E-state index in [2.05, 4.69) is 0 Å². The summed E-state index contributed by atoms with van der Waals surface area (Å²) in [6.07, 6.45) is 4.49. The maximum atomic E-state index is 14.9. The molecule has 7 heteroatoms. The first-order chi connectivity index (χ1) is 12.6. The minimum Gasteiger partial charge on any atom is -0.444 e. The van der Waals surface area contributed by atoms with Crippen LogP contribution in [-0.4, -0.2) is 54.3 Å². The topological polar surface area (TPSA) is 64.8 Å². The lowest BCUT2D eigenvalue weighted by Gasteiger charge is -2.38. The largest absolute Gasteiger partial charge is 0.444 e. The third kappa shape index (κ3) is 5.93. The molecule has 154 valence electrons. The van der Waals surface area contributed by atoms with Gasteiger partial charge in [0.25, 0.3) is 0 Å². The molecule has 1 aliphatic heterocycles. The van der Waals surface area contributed by atoms with Crippen LogP contribution in [0.1, 0.15) is 40.5 Å². The minimum absolute atomic E-state index is 0.0412. The van der Waals surface area contributed by atoms with E-state index in [4.69, 9.17) is 26.8 Å². The van der Waals surface area contributed by atoms with E-state index in [1.165, 1.54) is 0 Å². The monoisotopic (exact) mass is 402 g/mol. The molecule has 0 aromatic rings. The zero-order chi connectivity index (χ0) is 20.2. The number of carbonyl (C=O) groups is 1. The molecule has 0 spiro atoms. The number of likely N-dealkylation sites (tertiary alicyclic amines) is 1. The maximum absolute atomic E-state index is 14.9. The number of nitrogens with zero attached hydrogens (tertiary/aromatic N) is 1. The molecular formula is C20H32ClFN2O3. The zero-order valence-electron chi connectivity index (χ0n) is 16.7. The van der Waals surface area contributed by atoms with E-state index in [0.717, 1.165) is 12.8 Å². The molecule has 1 heterocycles. The number of halogens is 2. The highest BCUT2D eigenvalue weighted by Gasteiger charge is 2.36. The predicted octanol–water partition coefficient (Wildman–Crippen LogP) is 4.01. The van der Waals surface area contributed by atoms with Crippen molar-refractivity contribution in [2.45, 2.75) is 57.6 Å². The van der Waals surface area contributed by atoms with Crippen LogP contribution in [0.25, 0.3) is 0 Å². The van der Waals surface area contributed by atoms with Crippen molar-refractivity contribution in [3.05, 3.63) is 23.6 Å². The Balaban J connectivity index is 2.19. The van der Waals surface area contributed by atoms with Gasteiger partial charge in [-0.25, -0.2) is 9.18 Å². The molecule has 0 radical (unpaired) electrons. The van der Waals surface area contributed by atoms with E-state index >= 15 is 0 Å². The van der Waals surface area contributed by atoms with Crippen LogP contribution in [0.15, 0.2) is 23.6 Å². The third-order valence-corrected chi connectivity index (χ3v) is 5.41. The first-order valence-electron chi connectivity index (χ1n) is 9.65. The van der Waals surface area contributed by atoms with Crippen LogP contribution in [0.4, 0.5) is 9.18 Å². The molecule has 0 bridgehead atoms. The third-order valence-electron chi connectivity index (χ3n) is 4.82. The number of allylic oxidation sites excluding steroid dienone is 2. The molecule has 4 atom stereocenters. The molecule has 2 rings (SSSR count). The van der Waals surface area contributed by atoms with E-state index in [1.807, 2.05) is 33.8 Å². The number of ether oxygens (including phenoxy) is 2. The lowest BCUT2D eigenvalue weighted by Crippen LogP contribution is -2.47. The van der Waals surface area contributed by atoms with Crippen LogP contribution in [0, 0.1) is 11.8 Å². The SMILES string of the molecule is CC1C=CC(C(OCCN)[C@@H]2CCCN(C(=O)OC(C)(C)C)C2)=C(F)C1Cl. The van der Waals surface area contributed by atoms with Gasteiger partial charge in [-0.05, 0) is 39.5 Å². The second-order valence-electron chi connectivity index (χ2n) is 8.33. The molecule has 1 amide bonds. The normalized spacial score (nSPS) is 27.7. The van der Waals surface area contributed by atoms with Crippen LogP contribution < -0.4 is 5.73 Å². The van der Waals surface area contributed by atoms with Crippen molar-refractivity contribution in [1.82, 2.24) is 4.90 Å². The molecule has 1 saturated heterocycles. The molecule has 2 N–H and O–H groups in total. The van der Waals surface area contributed by atoms with Crippen molar-refractivity contribution in [3.8, 4) is 0 Å². The summed E-state index contributed by atoms with van der Waals surface area (Å²) in [4.78, 5) is 14.1. The minimum atomic E-state index is -0.695. The van der Waals surface area contributed by atoms with E-state index < -0.39 is 17.1 Å². The number of piperidine rings is 1. The van der Waals surface area contributed by atoms with E-state index in [0.29, 0.717) is 31.8 Å². The van der Waals surface area contributed by atoms with Crippen molar-refractivity contribution >= 4 is 17.7 Å². The number of rotatable bonds is 5. The number of amides is 1. The highest BCUT2D eigenvalue weighted by atomic mass is 35.5. The van der Waals surface area contributed by atoms with Gasteiger partial charge in [0.1, 0.15) is 11.4 Å². The van der Waals surface area contributed by atoms with Gasteiger partial charge in [-0.3, -0.25) is 0 Å². The molecule has 1 aliphatic carbocycles. The Bertz CT molecular complexity index is 588. The van der Waals surface area contributed by atoms with E-state index in [-0.39, 0.29) is 23.8 Å². The van der Waals surface area contributed by atoms with Gasteiger partial charge in [-0.2, -0.15) is 0 Å². The number of hydrogen-bond donors (Lipinski definition) is 1. The van der Waals surface area contributed by atoms with E-state index in [1.54, 1.807) is 11.0 Å². The second-order valence-corrected chi connectivity index (χ2v) is 8.80. The Kier molecular flexibility index (Phi) is 7.72. The molecule has 2 aliphatic rings. The number of nitrogens with two attached hydrogens (primary N) is 1. The highest BCUT2D eigenvalue weighted by molar-refractivity contribution is 6.22. The van der Waals surface area contributed by atoms with Crippen LogP contribution in [-0.2, 0) is 9.47 Å².